The van der Waals surface area contributed by atoms with Gasteiger partial charge in [-0.15, -0.1) is 0 Å². The van der Waals surface area contributed by atoms with Gasteiger partial charge in [-0.2, -0.15) is 0 Å². The lowest BCUT2D eigenvalue weighted by atomic mass is 9.93. The summed E-state index contributed by atoms with van der Waals surface area (Å²) in [5.74, 6) is 0.891. The first-order chi connectivity index (χ1) is 18.2. The number of aromatic nitrogens is 2. The molecule has 1 heterocycles. The molecule has 38 heavy (non-hydrogen) atoms. The Bertz CT molecular complexity index is 1460. The monoisotopic (exact) mass is 514 g/mol. The number of aromatic amines is 1. The molecule has 0 aliphatic heterocycles. The predicted octanol–water partition coefficient (Wildman–Crippen LogP) is 5.11. The van der Waals surface area contributed by atoms with Crippen molar-refractivity contribution in [3.05, 3.63) is 93.9 Å². The molecule has 1 aromatic heterocycles. The van der Waals surface area contributed by atoms with Crippen molar-refractivity contribution in [2.45, 2.75) is 33.9 Å². The molecule has 8 heteroatoms. The van der Waals surface area contributed by atoms with Gasteiger partial charge in [-0.25, -0.2) is 9.71 Å². The summed E-state index contributed by atoms with van der Waals surface area (Å²) in [6.07, 6.45) is -1.30. The highest BCUT2D eigenvalue weighted by molar-refractivity contribution is 5.95. The molecule has 0 fully saturated rings. The summed E-state index contributed by atoms with van der Waals surface area (Å²) in [5, 5.41) is 27.4. The Hall–Kier alpha value is -4.30. The van der Waals surface area contributed by atoms with Crippen LogP contribution in [0.2, 0.25) is 0 Å². The normalized spacial score (nSPS) is 11.8. The number of carbonyl (C=O) groups is 1. The summed E-state index contributed by atoms with van der Waals surface area (Å²) in [6, 6.07) is 18.6. The number of H-pyrrole nitrogens is 1. The number of methoxy groups -OCH3 is 1. The maximum absolute atomic E-state index is 13.5. The highest BCUT2D eigenvalue weighted by Gasteiger charge is 2.26. The third kappa shape index (κ3) is 5.08. The Kier molecular flexibility index (Phi) is 7.73. The number of aliphatic hydroxyl groups is 1. The van der Waals surface area contributed by atoms with Gasteiger partial charge >= 0.3 is 0 Å². The molecule has 0 spiro atoms. The van der Waals surface area contributed by atoms with E-state index in [2.05, 4.69) is 10.3 Å². The largest absolute Gasteiger partial charge is 0.710 e. The number of imidazole rings is 1. The van der Waals surface area contributed by atoms with Crippen LogP contribution in [0.3, 0.4) is 0 Å². The molecule has 4 aromatic rings. The molecule has 3 N–H and O–H groups in total. The van der Waals surface area contributed by atoms with Crippen molar-refractivity contribution in [2.24, 2.45) is 0 Å². The molecular weight excluding hydrogens is 480 g/mol. The number of hydrogen-bond acceptors (Lipinski definition) is 5. The van der Waals surface area contributed by atoms with Gasteiger partial charge in [0.2, 0.25) is 0 Å². The van der Waals surface area contributed by atoms with Gasteiger partial charge in [0.1, 0.15) is 11.4 Å². The van der Waals surface area contributed by atoms with Gasteiger partial charge in [0.25, 0.3) is 11.7 Å². The first-order valence-electron chi connectivity index (χ1n) is 12.5. The lowest BCUT2D eigenvalue weighted by Crippen LogP contribution is -2.35. The number of hydrogen-bond donors (Lipinski definition) is 3. The van der Waals surface area contributed by atoms with Crippen LogP contribution in [-0.4, -0.2) is 41.6 Å². The fourth-order valence-corrected chi connectivity index (χ4v) is 4.69. The number of nitrogens with one attached hydrogen (secondary N) is 2. The second kappa shape index (κ2) is 11.0. The topological polar surface area (TPSA) is 105 Å². The van der Waals surface area contributed by atoms with E-state index in [-0.39, 0.29) is 11.6 Å². The van der Waals surface area contributed by atoms with Crippen molar-refractivity contribution in [1.29, 1.82) is 0 Å². The molecular formula is C30H34N4O4. The lowest BCUT2D eigenvalue weighted by molar-refractivity contribution is -0.604. The van der Waals surface area contributed by atoms with Crippen molar-refractivity contribution in [3.8, 4) is 28.3 Å². The SMILES string of the molecule is CCN(C)C(=O)c1cccc(NC(O)c2c(C)[nH]c(-c3ccc(OC)c(-c4c(C)cccc4C)c3)[n+]2[O-])c1. The molecule has 0 saturated heterocycles. The number of nitrogens with zero attached hydrogens (tertiary/aromatic N) is 2. The molecule has 0 radical (unpaired) electrons. The molecule has 0 saturated carbocycles. The van der Waals surface area contributed by atoms with Crippen LogP contribution in [-0.2, 0) is 0 Å². The zero-order valence-corrected chi connectivity index (χ0v) is 22.6. The Labute approximate surface area is 223 Å². The van der Waals surface area contributed by atoms with E-state index in [4.69, 9.17) is 4.74 Å². The molecule has 0 aliphatic carbocycles. The number of ether oxygens (including phenoxy) is 1. The number of amides is 1. The average molecular weight is 515 g/mol. The van der Waals surface area contributed by atoms with Crippen LogP contribution in [0.4, 0.5) is 5.69 Å². The summed E-state index contributed by atoms with van der Waals surface area (Å²) >= 11 is 0. The summed E-state index contributed by atoms with van der Waals surface area (Å²) in [4.78, 5) is 17.3. The van der Waals surface area contributed by atoms with Crippen LogP contribution in [0, 0.1) is 26.0 Å². The molecule has 4 rings (SSSR count). The number of aryl methyl sites for hydroxylation is 3. The molecule has 1 amide bonds. The van der Waals surface area contributed by atoms with Gasteiger partial charge in [0, 0.05) is 37.3 Å². The van der Waals surface area contributed by atoms with Gasteiger partial charge in [0.15, 0.2) is 11.9 Å². The predicted molar refractivity (Wildman–Crippen MR) is 149 cm³/mol. The standard InChI is InChI=1S/C30H34N4O4/c1-7-33(5)30(36)22-12-9-13-23(16-22)32-29(35)27-20(4)31-28(34(27)37)21-14-15-25(38-6)24(17-21)26-18(2)10-8-11-19(26)3/h8-17,29,31-32,35H,7H2,1-6H3. The zero-order chi connectivity index (χ0) is 27.6. The fourth-order valence-electron chi connectivity index (χ4n) is 4.69. The van der Waals surface area contributed by atoms with Crippen LogP contribution < -0.4 is 14.8 Å². The van der Waals surface area contributed by atoms with Crippen LogP contribution in [0.5, 0.6) is 5.75 Å². The lowest BCUT2D eigenvalue weighted by Gasteiger charge is -2.18. The Morgan fingerprint density at radius 1 is 1.11 bits per heavy atom. The van der Waals surface area contributed by atoms with E-state index >= 15 is 0 Å². The highest BCUT2D eigenvalue weighted by Crippen LogP contribution is 2.37. The van der Waals surface area contributed by atoms with Crippen LogP contribution in [0.25, 0.3) is 22.5 Å². The quantitative estimate of drug-likeness (QED) is 0.172. The maximum Gasteiger partial charge on any atom is 0.290 e. The molecule has 1 atom stereocenters. The van der Waals surface area contributed by atoms with Crippen LogP contribution in [0.15, 0.2) is 60.7 Å². The smallest absolute Gasteiger partial charge is 0.290 e. The van der Waals surface area contributed by atoms with Crippen molar-refractivity contribution in [2.75, 3.05) is 26.0 Å². The van der Waals surface area contributed by atoms with Crippen molar-refractivity contribution in [3.63, 3.8) is 0 Å². The third-order valence-electron chi connectivity index (χ3n) is 6.83. The third-order valence-corrected chi connectivity index (χ3v) is 6.83. The highest BCUT2D eigenvalue weighted by atomic mass is 16.5. The number of anilines is 1. The Morgan fingerprint density at radius 3 is 2.45 bits per heavy atom. The molecule has 0 bridgehead atoms. The Morgan fingerprint density at radius 2 is 1.79 bits per heavy atom. The van der Waals surface area contributed by atoms with E-state index in [9.17, 15) is 15.1 Å². The Balaban J connectivity index is 1.69. The van der Waals surface area contributed by atoms with E-state index in [0.29, 0.717) is 45.4 Å². The molecule has 0 aliphatic rings. The van der Waals surface area contributed by atoms with E-state index in [1.165, 1.54) is 0 Å². The fraction of sp³-hybridized carbons (Fsp3) is 0.267. The van der Waals surface area contributed by atoms with Crippen LogP contribution in [0.1, 0.15) is 46.0 Å². The number of benzene rings is 3. The summed E-state index contributed by atoms with van der Waals surface area (Å²) < 4.78 is 6.35. The van der Waals surface area contributed by atoms with Gasteiger partial charge in [-0.1, -0.05) is 24.3 Å². The van der Waals surface area contributed by atoms with E-state index in [1.54, 1.807) is 50.2 Å². The summed E-state index contributed by atoms with van der Waals surface area (Å²) in [7, 11) is 3.36. The van der Waals surface area contributed by atoms with E-state index in [0.717, 1.165) is 22.3 Å². The van der Waals surface area contributed by atoms with Gasteiger partial charge in [-0.05, 0) is 73.9 Å². The zero-order valence-electron chi connectivity index (χ0n) is 22.6. The van der Waals surface area contributed by atoms with Gasteiger partial charge in [-0.3, -0.25) is 4.79 Å². The minimum atomic E-state index is -1.30. The number of rotatable bonds is 8. The minimum Gasteiger partial charge on any atom is -0.710 e. The van der Waals surface area contributed by atoms with Crippen molar-refractivity contribution >= 4 is 11.6 Å². The molecule has 198 valence electrons. The second-order valence-electron chi connectivity index (χ2n) is 9.41. The first-order valence-corrected chi connectivity index (χ1v) is 12.5. The second-order valence-corrected chi connectivity index (χ2v) is 9.41. The first kappa shape index (κ1) is 26.8. The summed E-state index contributed by atoms with van der Waals surface area (Å²) in [6.45, 7) is 8.31. The van der Waals surface area contributed by atoms with Gasteiger partial charge in [0.05, 0.1) is 12.7 Å². The van der Waals surface area contributed by atoms with Crippen molar-refractivity contribution < 1.29 is 19.4 Å². The van der Waals surface area contributed by atoms with Crippen molar-refractivity contribution in [1.82, 2.24) is 9.88 Å². The molecule has 8 nitrogen and oxygen atoms in total. The number of carbonyl (C=O) groups excluding carboxylic acids is 1. The number of aliphatic hydroxyl groups excluding tert-OH is 1. The van der Waals surface area contributed by atoms with Gasteiger partial charge < -0.3 is 25.3 Å². The molecule has 1 unspecified atom stereocenters. The van der Waals surface area contributed by atoms with E-state index in [1.807, 2.05) is 57.2 Å². The van der Waals surface area contributed by atoms with E-state index < -0.39 is 6.23 Å². The maximum atomic E-state index is 13.5. The molecule has 3 aromatic carbocycles. The van der Waals surface area contributed by atoms with Crippen LogP contribution >= 0.6 is 0 Å². The average Bonchev–Trinajstić information content (AvgIpc) is 3.21. The summed E-state index contributed by atoms with van der Waals surface area (Å²) in [5.41, 5.74) is 6.48. The minimum absolute atomic E-state index is 0.121.